The number of halogens is 1. The highest BCUT2D eigenvalue weighted by Gasteiger charge is 2.23. The number of rotatable bonds is 6. The Morgan fingerprint density at radius 3 is 2.58 bits per heavy atom. The first kappa shape index (κ1) is 17.7. The Morgan fingerprint density at radius 1 is 1.12 bits per heavy atom. The second kappa shape index (κ2) is 7.84. The Morgan fingerprint density at radius 2 is 1.88 bits per heavy atom. The van der Waals surface area contributed by atoms with Crippen LogP contribution in [0.4, 0.5) is 4.39 Å². The third kappa shape index (κ3) is 3.32. The Kier molecular flexibility index (Phi) is 5.34. The fourth-order valence-electron chi connectivity index (χ4n) is 2.77. The summed E-state index contributed by atoms with van der Waals surface area (Å²) in [5.74, 6) is -0.919. The molecule has 0 spiro atoms. The summed E-state index contributed by atoms with van der Waals surface area (Å²) in [7, 11) is 1.41. The van der Waals surface area contributed by atoms with E-state index in [0.29, 0.717) is 23.2 Å². The molecule has 0 radical (unpaired) electrons. The van der Waals surface area contributed by atoms with E-state index in [0.717, 1.165) is 5.56 Å². The van der Waals surface area contributed by atoms with Crippen molar-refractivity contribution in [3.8, 4) is 28.0 Å². The van der Waals surface area contributed by atoms with Crippen molar-refractivity contribution in [1.29, 1.82) is 0 Å². The van der Waals surface area contributed by atoms with Gasteiger partial charge in [-0.1, -0.05) is 42.5 Å². The van der Waals surface area contributed by atoms with Gasteiger partial charge in [0, 0.05) is 29.4 Å². The van der Waals surface area contributed by atoms with Gasteiger partial charge in [0.25, 0.3) is 0 Å². The molecule has 3 aromatic rings. The molecule has 0 saturated heterocycles. The Hall–Kier alpha value is -3.12. The van der Waals surface area contributed by atoms with Gasteiger partial charge >= 0.3 is 5.97 Å². The number of methoxy groups -OCH3 is 1. The number of hydroxylamine groups is 1. The van der Waals surface area contributed by atoms with Crippen LogP contribution in [-0.2, 0) is 4.84 Å². The van der Waals surface area contributed by atoms with Crippen molar-refractivity contribution in [2.45, 2.75) is 6.92 Å². The van der Waals surface area contributed by atoms with Gasteiger partial charge in [-0.2, -0.15) is 5.48 Å². The van der Waals surface area contributed by atoms with Gasteiger partial charge in [0.1, 0.15) is 5.69 Å². The molecule has 3 rings (SSSR count). The summed E-state index contributed by atoms with van der Waals surface area (Å²) < 4.78 is 19.9. The number of carbonyl (C=O) groups excluding carboxylic acids is 1. The van der Waals surface area contributed by atoms with Gasteiger partial charge in [0.2, 0.25) is 0 Å². The maximum absolute atomic E-state index is 14.8. The third-order valence-corrected chi connectivity index (χ3v) is 3.93. The highest BCUT2D eigenvalue weighted by Crippen LogP contribution is 2.38. The summed E-state index contributed by atoms with van der Waals surface area (Å²) in [6.07, 6.45) is 1.60. The lowest BCUT2D eigenvalue weighted by Crippen LogP contribution is -2.20. The summed E-state index contributed by atoms with van der Waals surface area (Å²) in [5.41, 5.74) is 5.01. The molecule has 0 fully saturated rings. The zero-order valence-corrected chi connectivity index (χ0v) is 14.5. The molecule has 0 bridgehead atoms. The number of hydrogen-bond acceptors (Lipinski definition) is 4. The predicted octanol–water partition coefficient (Wildman–Crippen LogP) is 4.18. The van der Waals surface area contributed by atoms with Crippen molar-refractivity contribution in [2.24, 2.45) is 0 Å². The van der Waals surface area contributed by atoms with Crippen LogP contribution in [0.25, 0.3) is 22.3 Å². The molecule has 6 heteroatoms. The van der Waals surface area contributed by atoms with Crippen molar-refractivity contribution >= 4 is 5.97 Å². The molecule has 0 atom stereocenters. The maximum Gasteiger partial charge on any atom is 0.374 e. The lowest BCUT2D eigenvalue weighted by atomic mass is 9.96. The summed E-state index contributed by atoms with van der Waals surface area (Å²) in [6, 6.07) is 14.2. The van der Waals surface area contributed by atoms with Crippen LogP contribution < -0.4 is 10.2 Å². The van der Waals surface area contributed by atoms with E-state index in [2.05, 4.69) is 10.5 Å². The largest absolute Gasteiger partial charge is 0.494 e. The average molecular weight is 354 g/mol. The van der Waals surface area contributed by atoms with E-state index in [9.17, 15) is 9.18 Å². The van der Waals surface area contributed by atoms with Crippen LogP contribution in [-0.4, -0.2) is 24.6 Å². The molecule has 26 heavy (non-hydrogen) atoms. The van der Waals surface area contributed by atoms with Gasteiger partial charge in [-0.15, -0.1) is 0 Å². The van der Waals surface area contributed by atoms with E-state index in [1.54, 1.807) is 24.4 Å². The summed E-state index contributed by atoms with van der Waals surface area (Å²) in [4.78, 5) is 20.4. The standard InChI is InChI=1S/C20H19FN2O3/c1-3-23-26-20(24)19-17(13-8-5-4-6-9-13)15(12-22-19)14-10-7-11-16(25-2)18(14)21/h4-12,22-23H,3H2,1-2H3. The lowest BCUT2D eigenvalue weighted by Gasteiger charge is -2.10. The number of aromatic nitrogens is 1. The lowest BCUT2D eigenvalue weighted by molar-refractivity contribution is 0.0260. The third-order valence-electron chi connectivity index (χ3n) is 3.93. The van der Waals surface area contributed by atoms with E-state index >= 15 is 0 Å². The Balaban J connectivity index is 2.18. The zero-order chi connectivity index (χ0) is 18.5. The number of aromatic amines is 1. The van der Waals surface area contributed by atoms with Crippen LogP contribution in [0.3, 0.4) is 0 Å². The second-order valence-electron chi connectivity index (χ2n) is 5.53. The molecule has 134 valence electrons. The van der Waals surface area contributed by atoms with E-state index in [4.69, 9.17) is 9.57 Å². The van der Waals surface area contributed by atoms with Gasteiger partial charge in [-0.3, -0.25) is 0 Å². The maximum atomic E-state index is 14.8. The van der Waals surface area contributed by atoms with Crippen LogP contribution in [0.5, 0.6) is 5.75 Å². The molecular formula is C20H19FN2O3. The Labute approximate surface area is 150 Å². The van der Waals surface area contributed by atoms with Crippen LogP contribution >= 0.6 is 0 Å². The number of H-pyrrole nitrogens is 1. The molecule has 0 aliphatic carbocycles. The van der Waals surface area contributed by atoms with Crippen molar-refractivity contribution in [3.63, 3.8) is 0 Å². The minimum Gasteiger partial charge on any atom is -0.494 e. The highest BCUT2D eigenvalue weighted by atomic mass is 19.1. The average Bonchev–Trinajstić information content (AvgIpc) is 3.12. The topological polar surface area (TPSA) is 63.3 Å². The first-order valence-corrected chi connectivity index (χ1v) is 8.21. The number of ether oxygens (including phenoxy) is 1. The minimum absolute atomic E-state index is 0.138. The van der Waals surface area contributed by atoms with Gasteiger partial charge in [-0.05, 0) is 18.6 Å². The van der Waals surface area contributed by atoms with Crippen LogP contribution in [0.15, 0.2) is 54.7 Å². The fourth-order valence-corrected chi connectivity index (χ4v) is 2.77. The minimum atomic E-state index is -0.569. The quantitative estimate of drug-likeness (QED) is 0.652. The summed E-state index contributed by atoms with van der Waals surface area (Å²) in [5, 5.41) is 0. The number of carbonyl (C=O) groups is 1. The van der Waals surface area contributed by atoms with Crippen LogP contribution in [0, 0.1) is 5.82 Å². The smallest absolute Gasteiger partial charge is 0.374 e. The van der Waals surface area contributed by atoms with Gasteiger partial charge in [-0.25, -0.2) is 9.18 Å². The molecule has 5 nitrogen and oxygen atoms in total. The van der Waals surface area contributed by atoms with Crippen molar-refractivity contribution in [1.82, 2.24) is 10.5 Å². The molecule has 0 saturated carbocycles. The number of hydrogen-bond donors (Lipinski definition) is 2. The molecule has 2 N–H and O–H groups in total. The highest BCUT2D eigenvalue weighted by molar-refractivity contribution is 6.01. The van der Waals surface area contributed by atoms with Crippen molar-refractivity contribution in [2.75, 3.05) is 13.7 Å². The van der Waals surface area contributed by atoms with E-state index in [1.165, 1.54) is 7.11 Å². The molecule has 0 unspecified atom stereocenters. The first-order valence-electron chi connectivity index (χ1n) is 8.21. The Bertz CT molecular complexity index is 907. The van der Waals surface area contributed by atoms with Crippen molar-refractivity contribution in [3.05, 3.63) is 66.2 Å². The zero-order valence-electron chi connectivity index (χ0n) is 14.5. The molecule has 0 aliphatic rings. The molecule has 2 aromatic carbocycles. The van der Waals surface area contributed by atoms with Gasteiger partial charge in [0.15, 0.2) is 11.6 Å². The molecule has 0 amide bonds. The SMILES string of the molecule is CCNOC(=O)c1[nH]cc(-c2cccc(OC)c2F)c1-c1ccccc1. The summed E-state index contributed by atoms with van der Waals surface area (Å²) in [6.45, 7) is 2.29. The van der Waals surface area contributed by atoms with Gasteiger partial charge < -0.3 is 14.6 Å². The normalized spacial score (nSPS) is 10.6. The van der Waals surface area contributed by atoms with E-state index in [-0.39, 0.29) is 11.4 Å². The number of nitrogens with one attached hydrogen (secondary N) is 2. The molecule has 0 aliphatic heterocycles. The van der Waals surface area contributed by atoms with E-state index in [1.807, 2.05) is 37.3 Å². The molecular weight excluding hydrogens is 335 g/mol. The molecule has 1 heterocycles. The van der Waals surface area contributed by atoms with E-state index < -0.39 is 11.8 Å². The van der Waals surface area contributed by atoms with Crippen LogP contribution in [0.1, 0.15) is 17.4 Å². The predicted molar refractivity (Wildman–Crippen MR) is 97.3 cm³/mol. The van der Waals surface area contributed by atoms with Crippen LogP contribution in [0.2, 0.25) is 0 Å². The fraction of sp³-hybridized carbons (Fsp3) is 0.150. The molecule has 1 aromatic heterocycles. The monoisotopic (exact) mass is 354 g/mol. The second-order valence-corrected chi connectivity index (χ2v) is 5.53. The van der Waals surface area contributed by atoms with Gasteiger partial charge in [0.05, 0.1) is 7.11 Å². The number of benzene rings is 2. The summed E-state index contributed by atoms with van der Waals surface area (Å²) >= 11 is 0. The first-order chi connectivity index (χ1) is 12.7. The van der Waals surface area contributed by atoms with Crippen molar-refractivity contribution < 1.29 is 18.8 Å².